The molecule has 0 heterocycles. The highest BCUT2D eigenvalue weighted by Crippen LogP contribution is 2.28. The van der Waals surface area contributed by atoms with Gasteiger partial charge in [-0.2, -0.15) is 0 Å². The lowest BCUT2D eigenvalue weighted by atomic mass is 9.89. The molecule has 6 unspecified atom stereocenters. The van der Waals surface area contributed by atoms with Crippen LogP contribution in [-0.4, -0.2) is 46.9 Å². The lowest BCUT2D eigenvalue weighted by Crippen LogP contribution is -2.48. The Labute approximate surface area is 226 Å². The van der Waals surface area contributed by atoms with Gasteiger partial charge in [-0.15, -0.1) is 0 Å². The standard InChI is InChI=1S/C30H56O7/c1-13-24(21(10)18(4)5)35-27(31)16-30(34,29(33)37-26(15-3)23(12)20(8)9)17-28(32)36-25(14-2)22(11)19(6)7/h18-26,34H,13-17H2,1-12H3. The highest BCUT2D eigenvalue weighted by Gasteiger charge is 2.45. The molecule has 0 aromatic heterocycles. The SMILES string of the molecule is CCC(OC(=O)CC(O)(CC(=O)OC(CC)C(C)C(C)C)C(=O)OC(CC)C(C)C(C)C)C(C)C(C)C. The van der Waals surface area contributed by atoms with Gasteiger partial charge in [0.25, 0.3) is 0 Å². The molecule has 0 aromatic rings. The van der Waals surface area contributed by atoms with Crippen molar-refractivity contribution in [1.82, 2.24) is 0 Å². The van der Waals surface area contributed by atoms with Crippen molar-refractivity contribution in [2.45, 2.75) is 139 Å². The van der Waals surface area contributed by atoms with Gasteiger partial charge in [-0.3, -0.25) is 9.59 Å². The molecule has 0 radical (unpaired) electrons. The van der Waals surface area contributed by atoms with Gasteiger partial charge >= 0.3 is 17.9 Å². The number of aliphatic hydroxyl groups is 1. The first kappa shape index (κ1) is 35.4. The molecule has 7 nitrogen and oxygen atoms in total. The third-order valence-corrected chi connectivity index (χ3v) is 8.20. The molecule has 218 valence electrons. The molecule has 37 heavy (non-hydrogen) atoms. The summed E-state index contributed by atoms with van der Waals surface area (Å²) in [5.41, 5.74) is -2.38. The topological polar surface area (TPSA) is 99.1 Å². The van der Waals surface area contributed by atoms with Crippen LogP contribution in [0.3, 0.4) is 0 Å². The maximum atomic E-state index is 13.3. The van der Waals surface area contributed by atoms with E-state index < -0.39 is 42.5 Å². The third-order valence-electron chi connectivity index (χ3n) is 8.20. The van der Waals surface area contributed by atoms with Crippen LogP contribution >= 0.6 is 0 Å². The number of carbonyl (C=O) groups is 3. The molecule has 0 aliphatic rings. The van der Waals surface area contributed by atoms with Gasteiger partial charge in [-0.05, 0) is 54.8 Å². The Morgan fingerprint density at radius 3 is 1.08 bits per heavy atom. The fourth-order valence-corrected chi connectivity index (χ4v) is 4.33. The first-order valence-corrected chi connectivity index (χ1v) is 14.4. The second kappa shape index (κ2) is 16.4. The maximum absolute atomic E-state index is 13.3. The van der Waals surface area contributed by atoms with E-state index in [1.54, 1.807) is 0 Å². The molecule has 0 fully saturated rings. The Kier molecular flexibility index (Phi) is 15.6. The van der Waals surface area contributed by atoms with Crippen molar-refractivity contribution in [2.75, 3.05) is 0 Å². The van der Waals surface area contributed by atoms with Crippen molar-refractivity contribution in [3.05, 3.63) is 0 Å². The normalized spacial score (nSPS) is 18.5. The highest BCUT2D eigenvalue weighted by molar-refractivity contribution is 5.90. The first-order chi connectivity index (χ1) is 17.0. The number of carbonyl (C=O) groups excluding carboxylic acids is 3. The van der Waals surface area contributed by atoms with Crippen LogP contribution in [0.15, 0.2) is 0 Å². The van der Waals surface area contributed by atoms with E-state index in [0.29, 0.717) is 19.3 Å². The van der Waals surface area contributed by atoms with Crippen LogP contribution in [0, 0.1) is 35.5 Å². The molecule has 7 heteroatoms. The fourth-order valence-electron chi connectivity index (χ4n) is 4.33. The Balaban J connectivity index is 5.92. The van der Waals surface area contributed by atoms with Gasteiger partial charge in [0.15, 0.2) is 5.60 Å². The molecule has 0 bridgehead atoms. The number of rotatable bonds is 17. The molecule has 6 atom stereocenters. The summed E-state index contributed by atoms with van der Waals surface area (Å²) in [5.74, 6) is -1.43. The number of ether oxygens (including phenoxy) is 3. The van der Waals surface area contributed by atoms with Gasteiger partial charge in [-0.25, -0.2) is 4.79 Å². The summed E-state index contributed by atoms with van der Waals surface area (Å²) >= 11 is 0. The Morgan fingerprint density at radius 1 is 0.568 bits per heavy atom. The second-order valence-corrected chi connectivity index (χ2v) is 11.9. The molecular formula is C30H56O7. The minimum Gasteiger partial charge on any atom is -0.462 e. The molecule has 1 N–H and O–H groups in total. The summed E-state index contributed by atoms with van der Waals surface area (Å²) < 4.78 is 17.1. The van der Waals surface area contributed by atoms with E-state index in [-0.39, 0.29) is 47.7 Å². The van der Waals surface area contributed by atoms with Gasteiger partial charge in [0, 0.05) is 0 Å². The second-order valence-electron chi connectivity index (χ2n) is 11.9. The quantitative estimate of drug-likeness (QED) is 0.174. The largest absolute Gasteiger partial charge is 0.462 e. The van der Waals surface area contributed by atoms with Crippen molar-refractivity contribution >= 4 is 17.9 Å². The average Bonchev–Trinajstić information content (AvgIpc) is 2.82. The van der Waals surface area contributed by atoms with E-state index in [9.17, 15) is 19.5 Å². The molecule has 0 aromatic carbocycles. The van der Waals surface area contributed by atoms with Crippen LogP contribution in [0.2, 0.25) is 0 Å². The molecule has 0 saturated heterocycles. The molecule has 0 saturated carbocycles. The van der Waals surface area contributed by atoms with Crippen LogP contribution in [0.25, 0.3) is 0 Å². The number of esters is 3. The van der Waals surface area contributed by atoms with Gasteiger partial charge in [0.2, 0.25) is 0 Å². The van der Waals surface area contributed by atoms with Crippen molar-refractivity contribution in [2.24, 2.45) is 35.5 Å². The fraction of sp³-hybridized carbons (Fsp3) is 0.900. The van der Waals surface area contributed by atoms with Crippen molar-refractivity contribution in [3.8, 4) is 0 Å². The van der Waals surface area contributed by atoms with E-state index in [1.807, 2.05) is 83.1 Å². The Hall–Kier alpha value is -1.63. The summed E-state index contributed by atoms with van der Waals surface area (Å²) in [6.07, 6.45) is -0.781. The van der Waals surface area contributed by atoms with E-state index >= 15 is 0 Å². The van der Waals surface area contributed by atoms with E-state index in [1.165, 1.54) is 0 Å². The minimum absolute atomic E-state index is 0.0322. The van der Waals surface area contributed by atoms with Gasteiger partial charge in [-0.1, -0.05) is 83.1 Å². The summed E-state index contributed by atoms with van der Waals surface area (Å²) in [6.45, 7) is 24.0. The molecule has 0 aliphatic carbocycles. The summed E-state index contributed by atoms with van der Waals surface area (Å²) in [5, 5.41) is 11.5. The number of hydrogen-bond acceptors (Lipinski definition) is 7. The zero-order valence-corrected chi connectivity index (χ0v) is 25.6. The maximum Gasteiger partial charge on any atom is 0.339 e. The van der Waals surface area contributed by atoms with E-state index in [2.05, 4.69) is 0 Å². The van der Waals surface area contributed by atoms with E-state index in [4.69, 9.17) is 14.2 Å². The highest BCUT2D eigenvalue weighted by atomic mass is 16.6. The minimum atomic E-state index is -2.38. The summed E-state index contributed by atoms with van der Waals surface area (Å²) in [4.78, 5) is 39.3. The number of hydrogen-bond donors (Lipinski definition) is 1. The Bertz CT molecular complexity index is 662. The predicted molar refractivity (Wildman–Crippen MR) is 147 cm³/mol. The summed E-state index contributed by atoms with van der Waals surface area (Å²) in [6, 6.07) is 0. The van der Waals surface area contributed by atoms with Gasteiger partial charge in [0.05, 0.1) is 12.8 Å². The predicted octanol–water partition coefficient (Wildman–Crippen LogP) is 6.34. The van der Waals surface area contributed by atoms with Crippen LogP contribution in [0.5, 0.6) is 0 Å². The molecule has 0 amide bonds. The monoisotopic (exact) mass is 528 g/mol. The molecule has 0 aliphatic heterocycles. The molecular weight excluding hydrogens is 472 g/mol. The van der Waals surface area contributed by atoms with Crippen molar-refractivity contribution in [1.29, 1.82) is 0 Å². The smallest absolute Gasteiger partial charge is 0.339 e. The zero-order valence-electron chi connectivity index (χ0n) is 25.6. The van der Waals surface area contributed by atoms with Crippen LogP contribution < -0.4 is 0 Å². The third kappa shape index (κ3) is 11.3. The molecule has 0 spiro atoms. The van der Waals surface area contributed by atoms with E-state index in [0.717, 1.165) is 0 Å². The Morgan fingerprint density at radius 2 is 0.838 bits per heavy atom. The molecule has 0 rings (SSSR count). The van der Waals surface area contributed by atoms with Crippen molar-refractivity contribution < 1.29 is 33.7 Å². The zero-order chi connectivity index (χ0) is 29.1. The van der Waals surface area contributed by atoms with Gasteiger partial charge < -0.3 is 19.3 Å². The summed E-state index contributed by atoms with van der Waals surface area (Å²) in [7, 11) is 0. The first-order valence-electron chi connectivity index (χ1n) is 14.4. The van der Waals surface area contributed by atoms with Crippen molar-refractivity contribution in [3.63, 3.8) is 0 Å². The van der Waals surface area contributed by atoms with Gasteiger partial charge in [0.1, 0.15) is 18.3 Å². The van der Waals surface area contributed by atoms with Crippen LogP contribution in [0.4, 0.5) is 0 Å². The average molecular weight is 529 g/mol. The lowest BCUT2D eigenvalue weighted by Gasteiger charge is -2.32. The van der Waals surface area contributed by atoms with Crippen LogP contribution in [-0.2, 0) is 28.6 Å². The van der Waals surface area contributed by atoms with Crippen LogP contribution in [0.1, 0.15) is 115 Å². The lowest BCUT2D eigenvalue weighted by molar-refractivity contribution is -0.187.